The minimum atomic E-state index is 0.630. The largest absolute Gasteiger partial charge is 0.455 e. The molecule has 3 heterocycles. The lowest BCUT2D eigenvalue weighted by Gasteiger charge is -2.12. The quantitative estimate of drug-likeness (QED) is 0.198. The van der Waals surface area contributed by atoms with Crippen LogP contribution in [0.5, 0.6) is 0 Å². The van der Waals surface area contributed by atoms with Crippen LogP contribution in [0.1, 0.15) is 0 Å². The first-order valence-electron chi connectivity index (χ1n) is 16.0. The number of aromatic nitrogens is 4. The van der Waals surface area contributed by atoms with Gasteiger partial charge in [-0.25, -0.2) is 15.0 Å². The number of hydrogen-bond acceptors (Lipinski definition) is 4. The van der Waals surface area contributed by atoms with E-state index >= 15 is 0 Å². The van der Waals surface area contributed by atoms with E-state index in [0.717, 1.165) is 66.1 Å². The van der Waals surface area contributed by atoms with Gasteiger partial charge in [0.05, 0.1) is 16.4 Å². The maximum Gasteiger partial charge on any atom is 0.164 e. The van der Waals surface area contributed by atoms with Crippen molar-refractivity contribution in [2.75, 3.05) is 0 Å². The molecule has 0 saturated heterocycles. The molecule has 0 aliphatic rings. The predicted molar refractivity (Wildman–Crippen MR) is 195 cm³/mol. The summed E-state index contributed by atoms with van der Waals surface area (Å²) in [7, 11) is 0. The van der Waals surface area contributed by atoms with Gasteiger partial charge < -0.3 is 8.98 Å². The summed E-state index contributed by atoms with van der Waals surface area (Å²) in [5.74, 6) is 1.92. The highest BCUT2D eigenvalue weighted by Gasteiger charge is 2.22. The molecule has 0 aliphatic heterocycles. The van der Waals surface area contributed by atoms with E-state index in [-0.39, 0.29) is 0 Å². The average Bonchev–Trinajstić information content (AvgIpc) is 3.72. The number of furan rings is 1. The second kappa shape index (κ2) is 10.5. The third kappa shape index (κ3) is 4.01. The van der Waals surface area contributed by atoms with Gasteiger partial charge in [-0.3, -0.25) is 0 Å². The van der Waals surface area contributed by atoms with Gasteiger partial charge in [-0.05, 0) is 41.8 Å². The third-order valence-corrected chi connectivity index (χ3v) is 9.23. The standard InChI is InChI=1S/C43H26N4O/c1-3-13-27(14-4-1)41-44-42(28-15-5-2-6-16-28)46-43(45-41)29-23-25-30(26-24-29)47-35-21-11-9-19-33(35)38-39(47)32-18-8-7-17-31(32)37-34-20-10-12-22-36(34)48-40(37)38/h1-26H. The molecule has 0 fully saturated rings. The highest BCUT2D eigenvalue weighted by Crippen LogP contribution is 2.45. The van der Waals surface area contributed by atoms with E-state index in [2.05, 4.69) is 95.6 Å². The highest BCUT2D eigenvalue weighted by atomic mass is 16.3. The molecule has 0 saturated carbocycles. The number of benzene rings is 7. The monoisotopic (exact) mass is 614 g/mol. The van der Waals surface area contributed by atoms with Gasteiger partial charge in [0.1, 0.15) is 11.2 Å². The van der Waals surface area contributed by atoms with Crippen molar-refractivity contribution in [1.82, 2.24) is 19.5 Å². The Balaban J connectivity index is 1.21. The SMILES string of the molecule is c1ccc(-c2nc(-c3ccccc3)nc(-c3ccc(-n4c5ccccc5c5c6oc7ccccc7c6c6ccccc6c54)cc3)n2)cc1. The molecule has 0 atom stereocenters. The normalized spacial score (nSPS) is 11.8. The molecule has 5 heteroatoms. The van der Waals surface area contributed by atoms with Crippen LogP contribution in [-0.2, 0) is 0 Å². The van der Waals surface area contributed by atoms with Crippen molar-refractivity contribution in [1.29, 1.82) is 0 Å². The Morgan fingerprint density at radius 3 is 1.54 bits per heavy atom. The number of para-hydroxylation sites is 2. The Morgan fingerprint density at radius 1 is 0.396 bits per heavy atom. The highest BCUT2D eigenvalue weighted by molar-refractivity contribution is 6.35. The van der Waals surface area contributed by atoms with E-state index in [9.17, 15) is 0 Å². The summed E-state index contributed by atoms with van der Waals surface area (Å²) in [6, 6.07) is 54.3. The minimum absolute atomic E-state index is 0.630. The molecule has 0 radical (unpaired) electrons. The first kappa shape index (κ1) is 26.6. The summed E-state index contributed by atoms with van der Waals surface area (Å²) in [4.78, 5) is 14.8. The summed E-state index contributed by atoms with van der Waals surface area (Å²) in [6.45, 7) is 0. The Hall–Kier alpha value is -6.59. The van der Waals surface area contributed by atoms with E-state index in [0.29, 0.717) is 17.5 Å². The molecule has 3 aromatic heterocycles. The molecule has 5 nitrogen and oxygen atoms in total. The van der Waals surface area contributed by atoms with Crippen molar-refractivity contribution in [2.24, 2.45) is 0 Å². The van der Waals surface area contributed by atoms with E-state index in [4.69, 9.17) is 19.4 Å². The fourth-order valence-electron chi connectivity index (χ4n) is 7.09. The number of fused-ring (bicyclic) bond motifs is 10. The molecule has 10 aromatic rings. The zero-order valence-electron chi connectivity index (χ0n) is 25.7. The van der Waals surface area contributed by atoms with Crippen LogP contribution in [0.25, 0.3) is 94.4 Å². The second-order valence-corrected chi connectivity index (χ2v) is 12.0. The zero-order chi connectivity index (χ0) is 31.6. The van der Waals surface area contributed by atoms with Crippen LogP contribution in [0.2, 0.25) is 0 Å². The lowest BCUT2D eigenvalue weighted by atomic mass is 9.99. The second-order valence-electron chi connectivity index (χ2n) is 12.0. The molecule has 0 spiro atoms. The number of nitrogens with zero attached hydrogens (tertiary/aromatic N) is 4. The van der Waals surface area contributed by atoms with E-state index in [1.807, 2.05) is 66.7 Å². The minimum Gasteiger partial charge on any atom is -0.455 e. The molecular weight excluding hydrogens is 589 g/mol. The Kier molecular flexibility index (Phi) is 5.81. The Labute approximate surface area is 275 Å². The van der Waals surface area contributed by atoms with Crippen LogP contribution in [0.4, 0.5) is 0 Å². The maximum atomic E-state index is 6.67. The van der Waals surface area contributed by atoms with Crippen LogP contribution in [0.3, 0.4) is 0 Å². The van der Waals surface area contributed by atoms with Gasteiger partial charge in [0.2, 0.25) is 0 Å². The molecule has 0 unspecified atom stereocenters. The molecule has 0 aliphatic carbocycles. The van der Waals surface area contributed by atoms with Crippen molar-refractivity contribution in [3.8, 4) is 39.9 Å². The van der Waals surface area contributed by atoms with Gasteiger partial charge in [0, 0.05) is 43.9 Å². The first-order chi connectivity index (χ1) is 23.8. The van der Waals surface area contributed by atoms with Crippen molar-refractivity contribution in [2.45, 2.75) is 0 Å². The summed E-state index contributed by atoms with van der Waals surface area (Å²) in [5.41, 5.74) is 7.93. The molecule has 0 N–H and O–H groups in total. The van der Waals surface area contributed by atoms with Gasteiger partial charge in [-0.1, -0.05) is 121 Å². The van der Waals surface area contributed by atoms with Crippen LogP contribution in [-0.4, -0.2) is 19.5 Å². The fourth-order valence-corrected chi connectivity index (χ4v) is 7.09. The number of hydrogen-bond donors (Lipinski definition) is 0. The van der Waals surface area contributed by atoms with Crippen molar-refractivity contribution >= 4 is 54.5 Å². The number of rotatable bonds is 4. The Morgan fingerprint density at radius 2 is 0.896 bits per heavy atom. The van der Waals surface area contributed by atoms with Gasteiger partial charge in [-0.15, -0.1) is 0 Å². The van der Waals surface area contributed by atoms with Crippen LogP contribution < -0.4 is 0 Å². The van der Waals surface area contributed by atoms with Crippen molar-refractivity contribution < 1.29 is 4.42 Å². The van der Waals surface area contributed by atoms with Gasteiger partial charge >= 0.3 is 0 Å². The molecule has 10 rings (SSSR count). The average molecular weight is 615 g/mol. The van der Waals surface area contributed by atoms with Gasteiger partial charge in [-0.2, -0.15) is 0 Å². The van der Waals surface area contributed by atoms with Crippen LogP contribution in [0, 0.1) is 0 Å². The molecular formula is C43H26N4O. The summed E-state index contributed by atoms with van der Waals surface area (Å²) >= 11 is 0. The molecule has 7 aromatic carbocycles. The zero-order valence-corrected chi connectivity index (χ0v) is 25.7. The topological polar surface area (TPSA) is 56.7 Å². The summed E-state index contributed by atoms with van der Waals surface area (Å²) in [5, 5.41) is 6.93. The van der Waals surface area contributed by atoms with Crippen molar-refractivity contribution in [3.63, 3.8) is 0 Å². The van der Waals surface area contributed by atoms with E-state index < -0.39 is 0 Å². The molecule has 0 bridgehead atoms. The summed E-state index contributed by atoms with van der Waals surface area (Å²) in [6.07, 6.45) is 0. The molecule has 224 valence electrons. The van der Waals surface area contributed by atoms with E-state index in [1.54, 1.807) is 0 Å². The van der Waals surface area contributed by atoms with Gasteiger partial charge in [0.25, 0.3) is 0 Å². The lowest BCUT2D eigenvalue weighted by Crippen LogP contribution is -2.00. The Bertz CT molecular complexity index is 2760. The maximum absolute atomic E-state index is 6.67. The molecule has 48 heavy (non-hydrogen) atoms. The lowest BCUT2D eigenvalue weighted by molar-refractivity contribution is 0.673. The smallest absolute Gasteiger partial charge is 0.164 e. The fraction of sp³-hybridized carbons (Fsp3) is 0. The predicted octanol–water partition coefficient (Wildman–Crippen LogP) is 11.0. The van der Waals surface area contributed by atoms with Crippen LogP contribution in [0.15, 0.2) is 162 Å². The van der Waals surface area contributed by atoms with E-state index in [1.165, 1.54) is 10.8 Å². The first-order valence-corrected chi connectivity index (χ1v) is 16.0. The third-order valence-electron chi connectivity index (χ3n) is 9.23. The summed E-state index contributed by atoms with van der Waals surface area (Å²) < 4.78 is 9.03. The van der Waals surface area contributed by atoms with Gasteiger partial charge in [0.15, 0.2) is 17.5 Å². The van der Waals surface area contributed by atoms with Crippen molar-refractivity contribution in [3.05, 3.63) is 158 Å². The molecule has 0 amide bonds. The van der Waals surface area contributed by atoms with Crippen LogP contribution >= 0.6 is 0 Å².